The lowest BCUT2D eigenvalue weighted by Gasteiger charge is -2.18. The van der Waals surface area contributed by atoms with E-state index in [1.54, 1.807) is 5.57 Å². The summed E-state index contributed by atoms with van der Waals surface area (Å²) in [5, 5.41) is 0. The van der Waals surface area contributed by atoms with Crippen molar-refractivity contribution in [1.29, 1.82) is 0 Å². The average molecular weight is 158 g/mol. The molecular weight excluding hydrogens is 144 g/mol. The Labute approximate surface area is 74.0 Å². The van der Waals surface area contributed by atoms with Gasteiger partial charge in [0.25, 0.3) is 0 Å². The summed E-state index contributed by atoms with van der Waals surface area (Å²) >= 11 is 0. The monoisotopic (exact) mass is 158 g/mol. The van der Waals surface area contributed by atoms with E-state index in [9.17, 15) is 0 Å². The number of allylic oxidation sites excluding steroid dienone is 8. The lowest BCUT2D eigenvalue weighted by Crippen LogP contribution is -2.06. The summed E-state index contributed by atoms with van der Waals surface area (Å²) in [7, 11) is 0. The Balaban J connectivity index is 2.27. The van der Waals surface area contributed by atoms with Crippen LogP contribution in [0.2, 0.25) is 0 Å². The van der Waals surface area contributed by atoms with Crippen molar-refractivity contribution in [3.05, 3.63) is 47.6 Å². The van der Waals surface area contributed by atoms with Crippen molar-refractivity contribution in [3.8, 4) is 0 Å². The van der Waals surface area contributed by atoms with E-state index in [2.05, 4.69) is 50.3 Å². The van der Waals surface area contributed by atoms with Crippen LogP contribution in [0.3, 0.4) is 0 Å². The van der Waals surface area contributed by atoms with Gasteiger partial charge in [-0.05, 0) is 11.5 Å². The van der Waals surface area contributed by atoms with Gasteiger partial charge in [-0.25, -0.2) is 0 Å². The maximum Gasteiger partial charge on any atom is 0.0237 e. The molecule has 2 aliphatic rings. The van der Waals surface area contributed by atoms with Crippen LogP contribution in [0.1, 0.15) is 13.8 Å². The van der Waals surface area contributed by atoms with Crippen molar-refractivity contribution in [2.45, 2.75) is 13.8 Å². The van der Waals surface area contributed by atoms with Gasteiger partial charge in [0.05, 0.1) is 0 Å². The zero-order valence-electron chi connectivity index (χ0n) is 7.62. The van der Waals surface area contributed by atoms with Crippen LogP contribution in [0.15, 0.2) is 47.6 Å². The van der Waals surface area contributed by atoms with Crippen LogP contribution < -0.4 is 0 Å². The molecule has 12 heavy (non-hydrogen) atoms. The van der Waals surface area contributed by atoms with Crippen LogP contribution in [-0.4, -0.2) is 0 Å². The number of rotatable bonds is 1. The Morgan fingerprint density at radius 1 is 1.17 bits per heavy atom. The summed E-state index contributed by atoms with van der Waals surface area (Å²) in [5.41, 5.74) is 2.99. The van der Waals surface area contributed by atoms with Crippen LogP contribution >= 0.6 is 0 Å². The Bertz CT molecular complexity index is 298. The minimum atomic E-state index is 0.579. The van der Waals surface area contributed by atoms with Crippen LogP contribution in [0.4, 0.5) is 0 Å². The molecule has 0 aromatic carbocycles. The van der Waals surface area contributed by atoms with E-state index in [0.717, 1.165) is 0 Å². The largest absolute Gasteiger partial charge is 0.0730 e. The first-order chi connectivity index (χ1) is 5.79. The molecule has 0 heteroatoms. The molecule has 62 valence electrons. The highest BCUT2D eigenvalue weighted by atomic mass is 14.3. The molecule has 1 atom stereocenters. The van der Waals surface area contributed by atoms with Gasteiger partial charge in [-0.3, -0.25) is 0 Å². The summed E-state index contributed by atoms with van der Waals surface area (Å²) in [6, 6.07) is 0. The SMILES string of the molecule is CC(C)C1=CC=C2C=CC=CC21. The lowest BCUT2D eigenvalue weighted by atomic mass is 9.86. The first-order valence-corrected chi connectivity index (χ1v) is 4.55. The Hall–Kier alpha value is -1.04. The molecule has 0 N–H and O–H groups in total. The lowest BCUT2D eigenvalue weighted by molar-refractivity contribution is 0.694. The van der Waals surface area contributed by atoms with E-state index < -0.39 is 0 Å². The van der Waals surface area contributed by atoms with Crippen molar-refractivity contribution >= 4 is 0 Å². The summed E-state index contributed by atoms with van der Waals surface area (Å²) in [6.45, 7) is 4.52. The third kappa shape index (κ3) is 1.08. The van der Waals surface area contributed by atoms with Gasteiger partial charge in [0.15, 0.2) is 0 Å². The van der Waals surface area contributed by atoms with Gasteiger partial charge in [-0.2, -0.15) is 0 Å². The second kappa shape index (κ2) is 2.78. The van der Waals surface area contributed by atoms with Crippen LogP contribution in [-0.2, 0) is 0 Å². The highest BCUT2D eigenvalue weighted by molar-refractivity contribution is 5.47. The van der Waals surface area contributed by atoms with Gasteiger partial charge in [0.1, 0.15) is 0 Å². The summed E-state index contributed by atoms with van der Waals surface area (Å²) in [4.78, 5) is 0. The van der Waals surface area contributed by atoms with E-state index in [4.69, 9.17) is 0 Å². The molecule has 0 radical (unpaired) electrons. The molecule has 0 fully saturated rings. The third-order valence-corrected chi connectivity index (χ3v) is 2.56. The highest BCUT2D eigenvalue weighted by Gasteiger charge is 2.21. The number of hydrogen-bond acceptors (Lipinski definition) is 0. The van der Waals surface area contributed by atoms with Crippen LogP contribution in [0.5, 0.6) is 0 Å². The first-order valence-electron chi connectivity index (χ1n) is 4.55. The molecule has 0 bridgehead atoms. The highest BCUT2D eigenvalue weighted by Crippen LogP contribution is 2.35. The molecule has 0 aromatic rings. The van der Waals surface area contributed by atoms with Crippen molar-refractivity contribution < 1.29 is 0 Å². The van der Waals surface area contributed by atoms with Gasteiger partial charge in [0, 0.05) is 5.92 Å². The quantitative estimate of drug-likeness (QED) is 0.549. The molecule has 1 unspecified atom stereocenters. The summed E-state index contributed by atoms with van der Waals surface area (Å²) < 4.78 is 0. The van der Waals surface area contributed by atoms with Gasteiger partial charge in [-0.15, -0.1) is 0 Å². The standard InChI is InChI=1S/C12H14/c1-9(2)11-8-7-10-5-3-4-6-12(10)11/h3-9,12H,1-2H3. The van der Waals surface area contributed by atoms with Gasteiger partial charge in [0.2, 0.25) is 0 Å². The molecule has 0 saturated heterocycles. The van der Waals surface area contributed by atoms with E-state index >= 15 is 0 Å². The summed E-state index contributed by atoms with van der Waals surface area (Å²) in [6.07, 6.45) is 13.2. The Kier molecular flexibility index (Phi) is 1.76. The molecule has 0 nitrogen and oxygen atoms in total. The molecule has 0 spiro atoms. The molecular formula is C12H14. The fraction of sp³-hybridized carbons (Fsp3) is 0.333. The van der Waals surface area contributed by atoms with E-state index in [1.807, 2.05) is 0 Å². The van der Waals surface area contributed by atoms with Crippen molar-refractivity contribution in [2.75, 3.05) is 0 Å². The van der Waals surface area contributed by atoms with Gasteiger partial charge in [-0.1, -0.05) is 55.9 Å². The first kappa shape index (κ1) is 7.60. The summed E-state index contributed by atoms with van der Waals surface area (Å²) in [5.74, 6) is 1.25. The molecule has 2 aliphatic carbocycles. The Morgan fingerprint density at radius 3 is 2.75 bits per heavy atom. The topological polar surface area (TPSA) is 0 Å². The second-order valence-electron chi connectivity index (χ2n) is 3.71. The molecule has 0 saturated carbocycles. The predicted octanol–water partition coefficient (Wildman–Crippen LogP) is 3.25. The number of hydrogen-bond donors (Lipinski definition) is 0. The number of fused-ring (bicyclic) bond motifs is 1. The zero-order valence-corrected chi connectivity index (χ0v) is 7.62. The fourth-order valence-electron chi connectivity index (χ4n) is 1.87. The third-order valence-electron chi connectivity index (χ3n) is 2.56. The smallest absolute Gasteiger partial charge is 0.0237 e. The second-order valence-corrected chi connectivity index (χ2v) is 3.71. The zero-order chi connectivity index (χ0) is 8.55. The van der Waals surface area contributed by atoms with Gasteiger partial charge >= 0.3 is 0 Å². The maximum atomic E-state index is 2.28. The van der Waals surface area contributed by atoms with Crippen LogP contribution in [0, 0.1) is 11.8 Å². The van der Waals surface area contributed by atoms with Crippen molar-refractivity contribution in [1.82, 2.24) is 0 Å². The van der Waals surface area contributed by atoms with E-state index in [1.165, 1.54) is 5.57 Å². The molecule has 0 aliphatic heterocycles. The average Bonchev–Trinajstić information content (AvgIpc) is 2.47. The molecule has 0 heterocycles. The predicted molar refractivity (Wildman–Crippen MR) is 52.8 cm³/mol. The van der Waals surface area contributed by atoms with Gasteiger partial charge < -0.3 is 0 Å². The minimum Gasteiger partial charge on any atom is -0.0730 e. The normalized spacial score (nSPS) is 25.8. The molecule has 0 amide bonds. The van der Waals surface area contributed by atoms with Crippen molar-refractivity contribution in [2.24, 2.45) is 11.8 Å². The fourth-order valence-corrected chi connectivity index (χ4v) is 1.87. The molecule has 2 rings (SSSR count). The Morgan fingerprint density at radius 2 is 2.00 bits per heavy atom. The van der Waals surface area contributed by atoms with Crippen LogP contribution in [0.25, 0.3) is 0 Å². The van der Waals surface area contributed by atoms with E-state index in [0.29, 0.717) is 11.8 Å². The van der Waals surface area contributed by atoms with Crippen molar-refractivity contribution in [3.63, 3.8) is 0 Å². The molecule has 0 aromatic heterocycles. The minimum absolute atomic E-state index is 0.579. The van der Waals surface area contributed by atoms with E-state index in [-0.39, 0.29) is 0 Å². The maximum absolute atomic E-state index is 2.28.